The van der Waals surface area contributed by atoms with Crippen molar-refractivity contribution in [2.24, 2.45) is 0 Å². The number of rotatable bonds is 1. The van der Waals surface area contributed by atoms with Crippen molar-refractivity contribution < 1.29 is 14.3 Å². The lowest BCUT2D eigenvalue weighted by molar-refractivity contribution is -0.145. The maximum Gasteiger partial charge on any atom is 0.187 e. The van der Waals surface area contributed by atoms with Crippen LogP contribution in [0.25, 0.3) is 0 Å². The molecule has 0 aromatic heterocycles. The highest BCUT2D eigenvalue weighted by Crippen LogP contribution is 2.12. The van der Waals surface area contributed by atoms with E-state index in [9.17, 15) is 4.79 Å². The molecular formula is C7H12O3. The predicted molar refractivity (Wildman–Crippen MR) is 35.8 cm³/mol. The fourth-order valence-corrected chi connectivity index (χ4v) is 1.05. The minimum atomic E-state index is -0.233. The topological polar surface area (TPSA) is 35.5 Å². The van der Waals surface area contributed by atoms with Gasteiger partial charge in [0.1, 0.15) is 12.7 Å². The third-order valence-electron chi connectivity index (χ3n) is 1.70. The number of methoxy groups -OCH3 is 1. The third kappa shape index (κ3) is 1.55. The summed E-state index contributed by atoms with van der Waals surface area (Å²) in [7, 11) is 1.56. The largest absolute Gasteiger partial charge is 0.373 e. The van der Waals surface area contributed by atoms with Gasteiger partial charge in [-0.3, -0.25) is 4.79 Å². The molecule has 0 aromatic rings. The van der Waals surface area contributed by atoms with Gasteiger partial charge in [-0.05, 0) is 6.92 Å². The van der Waals surface area contributed by atoms with Gasteiger partial charge < -0.3 is 9.47 Å². The molecule has 2 unspecified atom stereocenters. The van der Waals surface area contributed by atoms with E-state index in [0.717, 1.165) is 0 Å². The van der Waals surface area contributed by atoms with Crippen molar-refractivity contribution in [2.45, 2.75) is 25.6 Å². The number of carbonyl (C=O) groups excluding carboxylic acids is 1. The van der Waals surface area contributed by atoms with Crippen molar-refractivity contribution >= 4 is 5.78 Å². The molecule has 1 aliphatic heterocycles. The summed E-state index contributed by atoms with van der Waals surface area (Å²) in [5.74, 6) is 0.0561. The summed E-state index contributed by atoms with van der Waals surface area (Å²) >= 11 is 0. The summed E-state index contributed by atoms with van der Waals surface area (Å²) in [5.41, 5.74) is 0. The molecule has 1 fully saturated rings. The molecule has 0 saturated carbocycles. The van der Waals surface area contributed by atoms with Crippen molar-refractivity contribution in [1.29, 1.82) is 0 Å². The lowest BCUT2D eigenvalue weighted by Gasteiger charge is -2.24. The molecule has 3 heteroatoms. The molecule has 2 atom stereocenters. The minimum absolute atomic E-state index is 0.0561. The maximum absolute atomic E-state index is 10.9. The van der Waals surface area contributed by atoms with E-state index in [4.69, 9.17) is 9.47 Å². The van der Waals surface area contributed by atoms with Gasteiger partial charge in [0.15, 0.2) is 5.78 Å². The second-order valence-corrected chi connectivity index (χ2v) is 2.55. The molecule has 0 aliphatic carbocycles. The van der Waals surface area contributed by atoms with E-state index in [-0.39, 0.29) is 24.6 Å². The first kappa shape index (κ1) is 7.69. The number of hydrogen-bond donors (Lipinski definition) is 0. The van der Waals surface area contributed by atoms with Crippen molar-refractivity contribution in [2.75, 3.05) is 13.7 Å². The fraction of sp³-hybridized carbons (Fsp3) is 0.857. The van der Waals surface area contributed by atoms with Gasteiger partial charge in [-0.25, -0.2) is 0 Å². The molecule has 0 spiro atoms. The van der Waals surface area contributed by atoms with E-state index >= 15 is 0 Å². The average molecular weight is 144 g/mol. The monoisotopic (exact) mass is 144 g/mol. The molecule has 0 amide bonds. The predicted octanol–water partition coefficient (Wildman–Crippen LogP) is 0.379. The molecule has 58 valence electrons. The quantitative estimate of drug-likeness (QED) is 0.533. The molecule has 10 heavy (non-hydrogen) atoms. The highest BCUT2D eigenvalue weighted by Gasteiger charge is 2.26. The molecule has 0 aromatic carbocycles. The maximum atomic E-state index is 10.9. The number of Topliss-reactive ketones (excluding diaryl/α,β-unsaturated/α-hetero) is 1. The standard InChI is InChI=1S/C7H12O3/c1-5-3-7(9-2)6(8)4-10-5/h5,7H,3-4H2,1-2H3. The van der Waals surface area contributed by atoms with E-state index in [1.165, 1.54) is 0 Å². The molecule has 0 radical (unpaired) electrons. The Labute approximate surface area is 60.3 Å². The van der Waals surface area contributed by atoms with Crippen LogP contribution in [0.5, 0.6) is 0 Å². The Morgan fingerprint density at radius 2 is 2.40 bits per heavy atom. The van der Waals surface area contributed by atoms with E-state index in [0.29, 0.717) is 6.42 Å². The van der Waals surface area contributed by atoms with Gasteiger partial charge in [-0.15, -0.1) is 0 Å². The zero-order valence-corrected chi connectivity index (χ0v) is 6.29. The van der Waals surface area contributed by atoms with Gasteiger partial charge in [-0.1, -0.05) is 0 Å². The lowest BCUT2D eigenvalue weighted by atomic mass is 10.1. The molecule has 1 saturated heterocycles. The summed E-state index contributed by atoms with van der Waals surface area (Å²) in [4.78, 5) is 10.9. The van der Waals surface area contributed by atoms with Gasteiger partial charge in [0, 0.05) is 13.5 Å². The number of ketones is 1. The first-order chi connectivity index (χ1) is 4.74. The van der Waals surface area contributed by atoms with E-state index < -0.39 is 0 Å². The Kier molecular flexibility index (Phi) is 2.40. The van der Waals surface area contributed by atoms with Crippen LogP contribution < -0.4 is 0 Å². The highest BCUT2D eigenvalue weighted by atomic mass is 16.5. The zero-order valence-electron chi connectivity index (χ0n) is 6.29. The third-order valence-corrected chi connectivity index (χ3v) is 1.70. The lowest BCUT2D eigenvalue weighted by Crippen LogP contribution is -2.37. The molecule has 1 aliphatic rings. The Bertz CT molecular complexity index is 133. The summed E-state index contributed by atoms with van der Waals surface area (Å²) in [6, 6.07) is 0. The van der Waals surface area contributed by atoms with E-state index in [1.807, 2.05) is 6.92 Å². The number of ether oxygens (including phenoxy) is 2. The van der Waals surface area contributed by atoms with Gasteiger partial charge >= 0.3 is 0 Å². The summed E-state index contributed by atoms with van der Waals surface area (Å²) in [6.07, 6.45) is 0.612. The van der Waals surface area contributed by atoms with Crippen LogP contribution in [-0.2, 0) is 14.3 Å². The van der Waals surface area contributed by atoms with Crippen LogP contribution in [0.4, 0.5) is 0 Å². The number of hydrogen-bond acceptors (Lipinski definition) is 3. The molecular weight excluding hydrogens is 132 g/mol. The van der Waals surface area contributed by atoms with Crippen LogP contribution >= 0.6 is 0 Å². The molecule has 0 N–H and O–H groups in total. The second-order valence-electron chi connectivity index (χ2n) is 2.55. The van der Waals surface area contributed by atoms with Crippen LogP contribution in [0.3, 0.4) is 0 Å². The summed E-state index contributed by atoms with van der Waals surface area (Å²) in [6.45, 7) is 2.15. The SMILES string of the molecule is COC1CC(C)OCC1=O. The van der Waals surface area contributed by atoms with Crippen molar-refractivity contribution in [1.82, 2.24) is 0 Å². The van der Waals surface area contributed by atoms with Gasteiger partial charge in [-0.2, -0.15) is 0 Å². The van der Waals surface area contributed by atoms with Gasteiger partial charge in [0.2, 0.25) is 0 Å². The van der Waals surface area contributed by atoms with Gasteiger partial charge in [0.05, 0.1) is 6.10 Å². The summed E-state index contributed by atoms with van der Waals surface area (Å²) < 4.78 is 10.0. The Morgan fingerprint density at radius 3 is 2.90 bits per heavy atom. The van der Waals surface area contributed by atoms with Crippen LogP contribution in [0.1, 0.15) is 13.3 Å². The fourth-order valence-electron chi connectivity index (χ4n) is 1.05. The van der Waals surface area contributed by atoms with Crippen molar-refractivity contribution in [3.8, 4) is 0 Å². The molecule has 1 heterocycles. The first-order valence-corrected chi connectivity index (χ1v) is 3.41. The van der Waals surface area contributed by atoms with Crippen LogP contribution in [-0.4, -0.2) is 31.7 Å². The minimum Gasteiger partial charge on any atom is -0.373 e. The second kappa shape index (κ2) is 3.12. The highest BCUT2D eigenvalue weighted by molar-refractivity contribution is 5.84. The molecule has 3 nitrogen and oxygen atoms in total. The number of carbonyl (C=O) groups is 1. The Hall–Kier alpha value is -0.410. The first-order valence-electron chi connectivity index (χ1n) is 3.41. The van der Waals surface area contributed by atoms with Gasteiger partial charge in [0.25, 0.3) is 0 Å². The van der Waals surface area contributed by atoms with Crippen LogP contribution in [0.15, 0.2) is 0 Å². The van der Waals surface area contributed by atoms with Crippen molar-refractivity contribution in [3.05, 3.63) is 0 Å². The average Bonchev–Trinajstić information content (AvgIpc) is 1.94. The zero-order chi connectivity index (χ0) is 7.56. The van der Waals surface area contributed by atoms with Crippen LogP contribution in [0.2, 0.25) is 0 Å². The van der Waals surface area contributed by atoms with Crippen LogP contribution in [0, 0.1) is 0 Å². The Morgan fingerprint density at radius 1 is 1.70 bits per heavy atom. The Balaban J connectivity index is 2.45. The molecule has 1 rings (SSSR count). The molecule has 0 bridgehead atoms. The van der Waals surface area contributed by atoms with E-state index in [2.05, 4.69) is 0 Å². The normalized spacial score (nSPS) is 34.4. The van der Waals surface area contributed by atoms with E-state index in [1.54, 1.807) is 7.11 Å². The smallest absolute Gasteiger partial charge is 0.187 e. The summed E-state index contributed by atoms with van der Waals surface area (Å²) in [5, 5.41) is 0. The van der Waals surface area contributed by atoms with Crippen molar-refractivity contribution in [3.63, 3.8) is 0 Å².